The Balaban J connectivity index is 2.08. The summed E-state index contributed by atoms with van der Waals surface area (Å²) in [5, 5.41) is 0. The molecule has 1 aliphatic rings. The van der Waals surface area contributed by atoms with Gasteiger partial charge in [0.25, 0.3) is 0 Å². The molecule has 3 nitrogen and oxygen atoms in total. The van der Waals surface area contributed by atoms with E-state index in [0.29, 0.717) is 6.42 Å². The van der Waals surface area contributed by atoms with Crippen molar-refractivity contribution in [3.8, 4) is 11.8 Å². The van der Waals surface area contributed by atoms with Gasteiger partial charge in [-0.05, 0) is 12.1 Å². The summed E-state index contributed by atoms with van der Waals surface area (Å²) < 4.78 is 10.6. The van der Waals surface area contributed by atoms with Gasteiger partial charge in [-0.1, -0.05) is 30.0 Å². The highest BCUT2D eigenvalue weighted by molar-refractivity contribution is 5.56. The van der Waals surface area contributed by atoms with E-state index in [-0.39, 0.29) is 18.3 Å². The second-order valence-corrected chi connectivity index (χ2v) is 3.89. The van der Waals surface area contributed by atoms with Crippen molar-refractivity contribution < 1.29 is 14.3 Å². The molecule has 0 N–H and O–H groups in total. The average Bonchev–Trinajstić information content (AvgIpc) is 2.80. The van der Waals surface area contributed by atoms with Gasteiger partial charge < -0.3 is 14.3 Å². The molecule has 17 heavy (non-hydrogen) atoms. The van der Waals surface area contributed by atoms with E-state index in [1.54, 1.807) is 7.11 Å². The van der Waals surface area contributed by atoms with Crippen molar-refractivity contribution >= 4 is 6.29 Å². The van der Waals surface area contributed by atoms with Gasteiger partial charge in [-0.15, -0.1) is 0 Å². The molecule has 3 heteroatoms. The molecule has 0 saturated carbocycles. The van der Waals surface area contributed by atoms with Gasteiger partial charge in [0.2, 0.25) is 0 Å². The van der Waals surface area contributed by atoms with Crippen molar-refractivity contribution in [2.75, 3.05) is 7.11 Å². The zero-order valence-electron chi connectivity index (χ0n) is 9.63. The maximum Gasteiger partial charge on any atom is 0.159 e. The number of hydrogen-bond donors (Lipinski definition) is 0. The van der Waals surface area contributed by atoms with Crippen LogP contribution in [0.5, 0.6) is 0 Å². The lowest BCUT2D eigenvalue weighted by Gasteiger charge is -2.07. The smallest absolute Gasteiger partial charge is 0.159 e. The van der Waals surface area contributed by atoms with Crippen molar-refractivity contribution in [1.82, 2.24) is 0 Å². The fraction of sp³-hybridized carbons (Fsp3) is 0.357. The highest BCUT2D eigenvalue weighted by Gasteiger charge is 2.33. The van der Waals surface area contributed by atoms with Crippen LogP contribution in [0.25, 0.3) is 0 Å². The van der Waals surface area contributed by atoms with Crippen molar-refractivity contribution in [2.24, 2.45) is 5.92 Å². The summed E-state index contributed by atoms with van der Waals surface area (Å²) in [6, 6.07) is 9.63. The van der Waals surface area contributed by atoms with Crippen LogP contribution in [0.2, 0.25) is 0 Å². The Bertz CT molecular complexity index is 430. The number of aldehydes is 1. The molecule has 3 atom stereocenters. The third-order valence-corrected chi connectivity index (χ3v) is 2.72. The zero-order valence-corrected chi connectivity index (χ0v) is 9.63. The van der Waals surface area contributed by atoms with Crippen molar-refractivity contribution in [1.29, 1.82) is 0 Å². The van der Waals surface area contributed by atoms with Crippen LogP contribution in [0.1, 0.15) is 12.0 Å². The van der Waals surface area contributed by atoms with E-state index in [1.165, 1.54) is 0 Å². The van der Waals surface area contributed by atoms with Crippen molar-refractivity contribution in [2.45, 2.75) is 18.8 Å². The first-order valence-electron chi connectivity index (χ1n) is 5.53. The van der Waals surface area contributed by atoms with E-state index in [1.807, 2.05) is 30.3 Å². The van der Waals surface area contributed by atoms with E-state index in [4.69, 9.17) is 9.47 Å². The Labute approximate surface area is 101 Å². The lowest BCUT2D eigenvalue weighted by atomic mass is 10.0. The Morgan fingerprint density at radius 3 is 2.82 bits per heavy atom. The second-order valence-electron chi connectivity index (χ2n) is 3.89. The van der Waals surface area contributed by atoms with E-state index in [0.717, 1.165) is 11.8 Å². The molecule has 1 aliphatic heterocycles. The second kappa shape index (κ2) is 5.62. The number of carbonyl (C=O) groups is 1. The molecule has 1 saturated heterocycles. The lowest BCUT2D eigenvalue weighted by Crippen LogP contribution is -2.15. The summed E-state index contributed by atoms with van der Waals surface area (Å²) in [5.74, 6) is 5.79. The molecule has 0 bridgehead atoms. The summed E-state index contributed by atoms with van der Waals surface area (Å²) in [6.07, 6.45) is 0.787. The van der Waals surface area contributed by atoms with Gasteiger partial charge in [0.1, 0.15) is 12.4 Å². The normalized spacial score (nSPS) is 27.2. The Morgan fingerprint density at radius 1 is 1.41 bits per heavy atom. The minimum Gasteiger partial charge on any atom is -0.356 e. The third-order valence-electron chi connectivity index (χ3n) is 2.72. The molecular weight excluding hydrogens is 216 g/mol. The number of ether oxygens (including phenoxy) is 2. The maximum absolute atomic E-state index is 10.9. The average molecular weight is 230 g/mol. The molecule has 0 aliphatic carbocycles. The minimum absolute atomic E-state index is 0.198. The summed E-state index contributed by atoms with van der Waals surface area (Å²) in [5.41, 5.74) is 0.918. The monoisotopic (exact) mass is 230 g/mol. The number of rotatable bonds is 2. The molecular formula is C14H14O3. The standard InChI is InChI=1S/C14H14O3/c1-16-14-9-12(10-15)13(17-14)8-7-11-5-3-2-4-6-11/h2-6,10,12-14H,9H2,1H3. The number of methoxy groups -OCH3 is 1. The fourth-order valence-electron chi connectivity index (χ4n) is 1.76. The predicted molar refractivity (Wildman–Crippen MR) is 63.2 cm³/mol. The maximum atomic E-state index is 10.9. The Kier molecular flexibility index (Phi) is 3.92. The lowest BCUT2D eigenvalue weighted by molar-refractivity contribution is -0.113. The van der Waals surface area contributed by atoms with Crippen molar-refractivity contribution in [3.05, 3.63) is 35.9 Å². The largest absolute Gasteiger partial charge is 0.356 e. The van der Waals surface area contributed by atoms with Crippen molar-refractivity contribution in [3.63, 3.8) is 0 Å². The van der Waals surface area contributed by atoms with Crippen LogP contribution in [-0.4, -0.2) is 25.8 Å². The summed E-state index contributed by atoms with van der Waals surface area (Å²) >= 11 is 0. The van der Waals surface area contributed by atoms with Crippen LogP contribution in [0.3, 0.4) is 0 Å². The summed E-state index contributed by atoms with van der Waals surface area (Å²) in [4.78, 5) is 10.9. The number of carbonyl (C=O) groups excluding carboxylic acids is 1. The molecule has 88 valence electrons. The molecule has 1 aromatic rings. The summed E-state index contributed by atoms with van der Waals surface area (Å²) in [6.45, 7) is 0. The predicted octanol–water partition coefficient (Wildman–Crippen LogP) is 1.61. The van der Waals surface area contributed by atoms with Crippen LogP contribution in [0, 0.1) is 17.8 Å². The van der Waals surface area contributed by atoms with Gasteiger partial charge in [0, 0.05) is 19.1 Å². The highest BCUT2D eigenvalue weighted by atomic mass is 16.7. The van der Waals surface area contributed by atoms with Crippen LogP contribution in [0.15, 0.2) is 30.3 Å². The van der Waals surface area contributed by atoms with Crippen LogP contribution in [-0.2, 0) is 14.3 Å². The quantitative estimate of drug-likeness (QED) is 0.572. The zero-order chi connectivity index (χ0) is 12.1. The van der Waals surface area contributed by atoms with E-state index < -0.39 is 0 Å². The first-order valence-corrected chi connectivity index (χ1v) is 5.53. The molecule has 1 heterocycles. The van der Waals surface area contributed by atoms with E-state index >= 15 is 0 Å². The molecule has 1 fully saturated rings. The SMILES string of the molecule is COC1CC(C=O)C(C#Cc2ccccc2)O1. The van der Waals surface area contributed by atoms with Crippen LogP contribution >= 0.6 is 0 Å². The van der Waals surface area contributed by atoms with E-state index in [9.17, 15) is 4.79 Å². The van der Waals surface area contributed by atoms with Gasteiger partial charge in [-0.2, -0.15) is 0 Å². The molecule has 0 spiro atoms. The fourth-order valence-corrected chi connectivity index (χ4v) is 1.76. The topological polar surface area (TPSA) is 35.5 Å². The number of hydrogen-bond acceptors (Lipinski definition) is 3. The molecule has 2 rings (SSSR count). The van der Waals surface area contributed by atoms with Crippen LogP contribution in [0.4, 0.5) is 0 Å². The summed E-state index contributed by atoms with van der Waals surface area (Å²) in [7, 11) is 1.57. The first-order chi connectivity index (χ1) is 8.33. The molecule has 0 aromatic heterocycles. The first kappa shape index (κ1) is 11.8. The van der Waals surface area contributed by atoms with Crippen LogP contribution < -0.4 is 0 Å². The molecule has 0 radical (unpaired) electrons. The Hall–Kier alpha value is -1.63. The third kappa shape index (κ3) is 2.94. The van der Waals surface area contributed by atoms with Gasteiger partial charge in [0.05, 0.1) is 5.92 Å². The minimum atomic E-state index is -0.363. The Morgan fingerprint density at radius 2 is 2.18 bits per heavy atom. The van der Waals surface area contributed by atoms with E-state index in [2.05, 4.69) is 11.8 Å². The van der Waals surface area contributed by atoms with Gasteiger partial charge >= 0.3 is 0 Å². The highest BCUT2D eigenvalue weighted by Crippen LogP contribution is 2.24. The molecule has 3 unspecified atom stereocenters. The van der Waals surface area contributed by atoms with Gasteiger partial charge in [-0.25, -0.2) is 0 Å². The van der Waals surface area contributed by atoms with Gasteiger partial charge in [0.15, 0.2) is 6.29 Å². The number of benzene rings is 1. The molecule has 0 amide bonds. The molecule has 1 aromatic carbocycles. The van der Waals surface area contributed by atoms with Gasteiger partial charge in [-0.3, -0.25) is 0 Å².